The average Bonchev–Trinajstić information content (AvgIpc) is 3.33. The third kappa shape index (κ3) is 3.58. The smallest absolute Gasteiger partial charge is 0.376 e. The maximum Gasteiger partial charge on any atom is 0.390 e. The minimum atomic E-state index is -4.50. The van der Waals surface area contributed by atoms with Gasteiger partial charge in [-0.1, -0.05) is 48.5 Å². The molecule has 0 radical (unpaired) electrons. The van der Waals surface area contributed by atoms with Crippen LogP contribution in [0.3, 0.4) is 0 Å². The summed E-state index contributed by atoms with van der Waals surface area (Å²) < 4.78 is 42.7. The Balaban J connectivity index is 1.79. The van der Waals surface area contributed by atoms with E-state index in [1.54, 1.807) is 36.4 Å². The number of anilines is 1. The van der Waals surface area contributed by atoms with Crippen molar-refractivity contribution in [1.82, 2.24) is 4.57 Å². The minimum absolute atomic E-state index is 0.350. The van der Waals surface area contributed by atoms with E-state index in [9.17, 15) is 18.0 Å². The first kappa shape index (κ1) is 19.1. The number of allylic oxidation sites excluding steroid dienone is 1. The second-order valence-corrected chi connectivity index (χ2v) is 7.08. The van der Waals surface area contributed by atoms with Gasteiger partial charge < -0.3 is 9.88 Å². The predicted octanol–water partition coefficient (Wildman–Crippen LogP) is 5.29. The standard InChI is InChI=1S/C23H19F3N2O/c24-23(25,26)16-22(17-8-2-1-3-9-17)20(12-13-21(22)29)27-18-10-4-5-11-19(18)28-14-6-7-15-28/h1-15,20,27H,16H2/t20-,22-/m1/s1. The number of para-hydroxylation sites is 2. The summed E-state index contributed by atoms with van der Waals surface area (Å²) in [5, 5.41) is 3.21. The van der Waals surface area contributed by atoms with Gasteiger partial charge in [-0.2, -0.15) is 13.2 Å². The Labute approximate surface area is 166 Å². The monoisotopic (exact) mass is 396 g/mol. The highest BCUT2D eigenvalue weighted by Gasteiger charge is 2.54. The first-order valence-corrected chi connectivity index (χ1v) is 9.24. The summed E-state index contributed by atoms with van der Waals surface area (Å²) in [5.41, 5.74) is 0.0431. The van der Waals surface area contributed by atoms with Gasteiger partial charge in [0.05, 0.1) is 29.3 Å². The minimum Gasteiger partial charge on any atom is -0.376 e. The molecule has 0 aliphatic heterocycles. The number of hydrogen-bond acceptors (Lipinski definition) is 2. The van der Waals surface area contributed by atoms with Crippen molar-refractivity contribution in [3.8, 4) is 5.69 Å². The molecule has 6 heteroatoms. The number of rotatable bonds is 5. The third-order valence-electron chi connectivity index (χ3n) is 5.28. The van der Waals surface area contributed by atoms with Crippen LogP contribution < -0.4 is 5.32 Å². The summed E-state index contributed by atoms with van der Waals surface area (Å²) in [6, 6.07) is 18.4. The van der Waals surface area contributed by atoms with E-state index in [-0.39, 0.29) is 0 Å². The van der Waals surface area contributed by atoms with Crippen LogP contribution in [-0.2, 0) is 10.2 Å². The summed E-state index contributed by atoms with van der Waals surface area (Å²) >= 11 is 0. The predicted molar refractivity (Wildman–Crippen MR) is 106 cm³/mol. The van der Waals surface area contributed by atoms with E-state index in [0.717, 1.165) is 5.69 Å². The van der Waals surface area contributed by atoms with Gasteiger partial charge in [-0.25, -0.2) is 0 Å². The molecule has 4 rings (SSSR count). The fraction of sp³-hybridized carbons (Fsp3) is 0.174. The lowest BCUT2D eigenvalue weighted by atomic mass is 9.71. The van der Waals surface area contributed by atoms with Crippen molar-refractivity contribution in [3.05, 3.63) is 96.8 Å². The van der Waals surface area contributed by atoms with E-state index >= 15 is 0 Å². The van der Waals surface area contributed by atoms with Gasteiger partial charge in [0.2, 0.25) is 0 Å². The number of carbonyl (C=O) groups is 1. The Morgan fingerprint density at radius 3 is 2.28 bits per heavy atom. The normalized spacial score (nSPS) is 21.5. The fourth-order valence-electron chi connectivity index (χ4n) is 3.98. The highest BCUT2D eigenvalue weighted by atomic mass is 19.4. The number of alkyl halides is 3. The van der Waals surface area contributed by atoms with Crippen LogP contribution in [0.4, 0.5) is 18.9 Å². The van der Waals surface area contributed by atoms with Crippen molar-refractivity contribution in [1.29, 1.82) is 0 Å². The molecule has 3 aromatic rings. The molecule has 0 fully saturated rings. The molecule has 1 aromatic heterocycles. The van der Waals surface area contributed by atoms with Gasteiger partial charge in [0.1, 0.15) is 0 Å². The molecule has 1 aliphatic carbocycles. The zero-order valence-corrected chi connectivity index (χ0v) is 15.4. The highest BCUT2D eigenvalue weighted by Crippen LogP contribution is 2.45. The van der Waals surface area contributed by atoms with Crippen LogP contribution >= 0.6 is 0 Å². The number of benzene rings is 2. The van der Waals surface area contributed by atoms with E-state index in [0.29, 0.717) is 11.3 Å². The molecular weight excluding hydrogens is 377 g/mol. The van der Waals surface area contributed by atoms with Gasteiger partial charge in [-0.3, -0.25) is 4.79 Å². The van der Waals surface area contributed by atoms with Gasteiger partial charge in [0.15, 0.2) is 5.78 Å². The molecule has 0 bridgehead atoms. The molecule has 0 amide bonds. The highest BCUT2D eigenvalue weighted by molar-refractivity contribution is 6.03. The van der Waals surface area contributed by atoms with Crippen LogP contribution in [0.15, 0.2) is 91.3 Å². The largest absolute Gasteiger partial charge is 0.390 e. The second kappa shape index (κ2) is 7.28. The van der Waals surface area contributed by atoms with Crippen LogP contribution in [0.5, 0.6) is 0 Å². The van der Waals surface area contributed by atoms with Gasteiger partial charge >= 0.3 is 6.18 Å². The summed E-state index contributed by atoms with van der Waals surface area (Å²) in [5.74, 6) is -0.544. The maximum atomic E-state index is 13.6. The molecule has 2 aromatic carbocycles. The van der Waals surface area contributed by atoms with Crippen LogP contribution in [0.2, 0.25) is 0 Å². The van der Waals surface area contributed by atoms with Crippen LogP contribution in [0.1, 0.15) is 12.0 Å². The molecule has 1 N–H and O–H groups in total. The molecule has 2 atom stereocenters. The first-order valence-electron chi connectivity index (χ1n) is 9.24. The SMILES string of the molecule is O=C1C=C[C@@H](Nc2ccccc2-n2cccc2)[C@@]1(CC(F)(F)F)c1ccccc1. The Bertz CT molecular complexity index is 1030. The van der Waals surface area contributed by atoms with E-state index in [1.807, 2.05) is 47.3 Å². The molecule has 1 aliphatic rings. The quantitative estimate of drug-likeness (QED) is 0.636. The number of ketones is 1. The van der Waals surface area contributed by atoms with Gasteiger partial charge in [-0.15, -0.1) is 0 Å². The molecule has 0 unspecified atom stereocenters. The summed E-state index contributed by atoms with van der Waals surface area (Å²) in [4.78, 5) is 12.9. The molecule has 0 spiro atoms. The number of nitrogens with one attached hydrogen (secondary N) is 1. The van der Waals surface area contributed by atoms with E-state index in [2.05, 4.69) is 5.32 Å². The van der Waals surface area contributed by atoms with Crippen molar-refractivity contribution < 1.29 is 18.0 Å². The number of halogens is 3. The van der Waals surface area contributed by atoms with E-state index in [1.165, 1.54) is 12.2 Å². The third-order valence-corrected chi connectivity index (χ3v) is 5.28. The van der Waals surface area contributed by atoms with Gasteiger partial charge in [-0.05, 0) is 35.9 Å². The molecule has 148 valence electrons. The summed E-state index contributed by atoms with van der Waals surface area (Å²) in [6.07, 6.45) is 0.769. The average molecular weight is 396 g/mol. The number of hydrogen-bond donors (Lipinski definition) is 1. The summed E-state index contributed by atoms with van der Waals surface area (Å²) in [7, 11) is 0. The number of nitrogens with zero attached hydrogens (tertiary/aromatic N) is 1. The lowest BCUT2D eigenvalue weighted by Gasteiger charge is -2.36. The molecule has 29 heavy (non-hydrogen) atoms. The molecule has 3 nitrogen and oxygen atoms in total. The van der Waals surface area contributed by atoms with Crippen molar-refractivity contribution in [2.75, 3.05) is 5.32 Å². The lowest BCUT2D eigenvalue weighted by molar-refractivity contribution is -0.155. The number of carbonyl (C=O) groups excluding carboxylic acids is 1. The first-order chi connectivity index (χ1) is 13.9. The summed E-state index contributed by atoms with van der Waals surface area (Å²) in [6.45, 7) is 0. The van der Waals surface area contributed by atoms with Gasteiger partial charge in [0, 0.05) is 12.4 Å². The van der Waals surface area contributed by atoms with Crippen molar-refractivity contribution >= 4 is 11.5 Å². The van der Waals surface area contributed by atoms with Crippen molar-refractivity contribution in [2.45, 2.75) is 24.1 Å². The van der Waals surface area contributed by atoms with E-state index in [4.69, 9.17) is 0 Å². The van der Waals surface area contributed by atoms with Crippen LogP contribution in [0.25, 0.3) is 5.69 Å². The molecule has 0 saturated heterocycles. The molecule has 1 heterocycles. The maximum absolute atomic E-state index is 13.6. The van der Waals surface area contributed by atoms with Crippen LogP contribution in [-0.4, -0.2) is 22.6 Å². The second-order valence-electron chi connectivity index (χ2n) is 7.08. The Kier molecular flexibility index (Phi) is 4.78. The Hall–Kier alpha value is -3.28. The van der Waals surface area contributed by atoms with Crippen molar-refractivity contribution in [2.24, 2.45) is 0 Å². The lowest BCUT2D eigenvalue weighted by Crippen LogP contribution is -2.48. The molecular formula is C23H19F3N2O. The van der Waals surface area contributed by atoms with E-state index < -0.39 is 29.8 Å². The topological polar surface area (TPSA) is 34.0 Å². The van der Waals surface area contributed by atoms with Crippen molar-refractivity contribution in [3.63, 3.8) is 0 Å². The zero-order valence-electron chi connectivity index (χ0n) is 15.4. The Morgan fingerprint density at radius 2 is 1.59 bits per heavy atom. The molecule has 0 saturated carbocycles. The fourth-order valence-corrected chi connectivity index (χ4v) is 3.98. The van der Waals surface area contributed by atoms with Gasteiger partial charge in [0.25, 0.3) is 0 Å². The number of aromatic nitrogens is 1. The Morgan fingerprint density at radius 1 is 0.931 bits per heavy atom. The van der Waals surface area contributed by atoms with Crippen LogP contribution in [0, 0.1) is 0 Å². The zero-order chi connectivity index (χ0) is 20.5.